The van der Waals surface area contributed by atoms with Crippen molar-refractivity contribution in [1.82, 2.24) is 0 Å². The molecule has 4 rings (SSSR count). The number of hydrogen-bond acceptors (Lipinski definition) is 6. The third kappa shape index (κ3) is 4.96. The van der Waals surface area contributed by atoms with Gasteiger partial charge in [0.1, 0.15) is 5.00 Å². The van der Waals surface area contributed by atoms with Crippen LogP contribution in [-0.4, -0.2) is 27.4 Å². The molecule has 2 aromatic carbocycles. The molecule has 1 aliphatic rings. The molecule has 1 heterocycles. The van der Waals surface area contributed by atoms with Gasteiger partial charge in [-0.2, -0.15) is 0 Å². The van der Waals surface area contributed by atoms with Crippen molar-refractivity contribution in [2.24, 2.45) is 0 Å². The summed E-state index contributed by atoms with van der Waals surface area (Å²) in [6.07, 6.45) is 3.64. The zero-order chi connectivity index (χ0) is 24.5. The summed E-state index contributed by atoms with van der Waals surface area (Å²) in [6.45, 7) is 1.87. The molecule has 2 N–H and O–H groups in total. The first-order valence-electron chi connectivity index (χ1n) is 10.6. The van der Waals surface area contributed by atoms with Crippen molar-refractivity contribution in [2.75, 3.05) is 17.1 Å². The number of anilines is 2. The second kappa shape index (κ2) is 9.77. The largest absolute Gasteiger partial charge is 0.465 e. The van der Waals surface area contributed by atoms with Gasteiger partial charge in [0, 0.05) is 4.88 Å². The summed E-state index contributed by atoms with van der Waals surface area (Å²) >= 11 is 7.71. The Morgan fingerprint density at radius 3 is 2.44 bits per heavy atom. The molecule has 0 atom stereocenters. The Hall–Kier alpha value is -2.88. The highest BCUT2D eigenvalue weighted by molar-refractivity contribution is 7.92. The van der Waals surface area contributed by atoms with Crippen LogP contribution in [0.3, 0.4) is 0 Å². The monoisotopic (exact) mass is 518 g/mol. The number of halogens is 1. The number of methoxy groups -OCH3 is 1. The maximum Gasteiger partial charge on any atom is 0.341 e. The average Bonchev–Trinajstić information content (AvgIpc) is 3.16. The lowest BCUT2D eigenvalue weighted by atomic mass is 9.95. The minimum Gasteiger partial charge on any atom is -0.465 e. The van der Waals surface area contributed by atoms with Gasteiger partial charge in [0.15, 0.2) is 0 Å². The normalized spacial score (nSPS) is 13.1. The Labute approximate surface area is 207 Å². The van der Waals surface area contributed by atoms with Crippen LogP contribution in [-0.2, 0) is 27.6 Å². The third-order valence-corrected chi connectivity index (χ3v) is 8.50. The van der Waals surface area contributed by atoms with Crippen molar-refractivity contribution < 1.29 is 22.7 Å². The first-order valence-corrected chi connectivity index (χ1v) is 13.3. The molecule has 0 radical (unpaired) electrons. The van der Waals surface area contributed by atoms with Crippen LogP contribution in [0.5, 0.6) is 0 Å². The Morgan fingerprint density at radius 2 is 1.76 bits per heavy atom. The molecule has 0 saturated heterocycles. The van der Waals surface area contributed by atoms with Crippen molar-refractivity contribution in [2.45, 2.75) is 37.5 Å². The second-order valence-corrected chi connectivity index (χ2v) is 11.2. The van der Waals surface area contributed by atoms with E-state index in [-0.39, 0.29) is 21.2 Å². The van der Waals surface area contributed by atoms with E-state index in [2.05, 4.69) is 10.0 Å². The quantitative estimate of drug-likeness (QED) is 0.424. The summed E-state index contributed by atoms with van der Waals surface area (Å²) < 4.78 is 32.7. The van der Waals surface area contributed by atoms with Crippen molar-refractivity contribution in [3.63, 3.8) is 0 Å². The van der Waals surface area contributed by atoms with Crippen molar-refractivity contribution in [3.8, 4) is 0 Å². The second-order valence-electron chi connectivity index (χ2n) is 7.97. The summed E-state index contributed by atoms with van der Waals surface area (Å²) in [4.78, 5) is 26.6. The van der Waals surface area contributed by atoms with E-state index in [1.54, 1.807) is 12.1 Å². The van der Waals surface area contributed by atoms with E-state index in [1.165, 1.54) is 48.8 Å². The number of rotatable bonds is 6. The van der Waals surface area contributed by atoms with E-state index < -0.39 is 21.9 Å². The van der Waals surface area contributed by atoms with Crippen molar-refractivity contribution in [3.05, 3.63) is 74.6 Å². The van der Waals surface area contributed by atoms with Crippen LogP contribution in [0.4, 0.5) is 10.7 Å². The summed E-state index contributed by atoms with van der Waals surface area (Å²) in [7, 11) is -2.49. The molecular formula is C24H23ClN2O5S2. The summed E-state index contributed by atoms with van der Waals surface area (Å²) in [6, 6.07) is 10.7. The highest BCUT2D eigenvalue weighted by Crippen LogP contribution is 2.39. The van der Waals surface area contributed by atoms with Crippen LogP contribution in [0.25, 0.3) is 0 Å². The van der Waals surface area contributed by atoms with Crippen LogP contribution >= 0.6 is 22.9 Å². The molecule has 0 saturated carbocycles. The number of aryl methyl sites for hydroxylation is 2. The van der Waals surface area contributed by atoms with E-state index in [9.17, 15) is 18.0 Å². The maximum atomic E-state index is 13.0. The number of ether oxygens (including phenoxy) is 1. The van der Waals surface area contributed by atoms with Crippen LogP contribution in [0.15, 0.2) is 47.4 Å². The van der Waals surface area contributed by atoms with Crippen LogP contribution < -0.4 is 10.0 Å². The van der Waals surface area contributed by atoms with Gasteiger partial charge >= 0.3 is 5.97 Å². The van der Waals surface area contributed by atoms with Crippen LogP contribution in [0.2, 0.25) is 5.02 Å². The Balaban J connectivity index is 1.56. The number of thiophene rings is 1. The predicted octanol–water partition coefficient (Wildman–Crippen LogP) is 5.43. The number of esters is 1. The molecule has 0 fully saturated rings. The van der Waals surface area contributed by atoms with Gasteiger partial charge in [0.2, 0.25) is 0 Å². The molecule has 1 aliphatic carbocycles. The minimum atomic E-state index is -3.81. The number of sulfonamides is 1. The van der Waals surface area contributed by atoms with Gasteiger partial charge in [-0.1, -0.05) is 29.3 Å². The van der Waals surface area contributed by atoms with Crippen LogP contribution in [0, 0.1) is 6.92 Å². The smallest absolute Gasteiger partial charge is 0.341 e. The fourth-order valence-electron chi connectivity index (χ4n) is 3.84. The lowest BCUT2D eigenvalue weighted by Gasteiger charge is -2.12. The Morgan fingerprint density at radius 1 is 1.06 bits per heavy atom. The first kappa shape index (κ1) is 24.3. The third-order valence-electron chi connectivity index (χ3n) is 5.59. The van der Waals surface area contributed by atoms with Gasteiger partial charge in [-0.15, -0.1) is 11.3 Å². The summed E-state index contributed by atoms with van der Waals surface area (Å²) in [5, 5.41) is 3.30. The number of hydrogen-bond donors (Lipinski definition) is 2. The zero-order valence-electron chi connectivity index (χ0n) is 18.6. The van der Waals surface area contributed by atoms with E-state index in [0.29, 0.717) is 10.6 Å². The lowest BCUT2D eigenvalue weighted by Crippen LogP contribution is -2.16. The zero-order valence-corrected chi connectivity index (χ0v) is 21.0. The maximum absolute atomic E-state index is 13.0. The molecule has 1 aromatic heterocycles. The molecule has 1 amide bonds. The SMILES string of the molecule is COC(=O)c1c(NC(=O)c2ccc(NS(=O)(=O)c3ccc(C)cc3)cc2Cl)sc2c1CCCC2. The predicted molar refractivity (Wildman–Crippen MR) is 134 cm³/mol. The van der Waals surface area contributed by atoms with Gasteiger partial charge in [-0.05, 0) is 68.5 Å². The topological polar surface area (TPSA) is 102 Å². The number of carbonyl (C=O) groups excluding carboxylic acids is 2. The van der Waals surface area contributed by atoms with Gasteiger partial charge in [-0.25, -0.2) is 13.2 Å². The highest BCUT2D eigenvalue weighted by Gasteiger charge is 2.27. The molecule has 0 bridgehead atoms. The molecule has 0 spiro atoms. The number of benzene rings is 2. The van der Waals surface area contributed by atoms with Crippen molar-refractivity contribution in [1.29, 1.82) is 0 Å². The fraction of sp³-hybridized carbons (Fsp3) is 0.250. The molecule has 7 nitrogen and oxygen atoms in total. The first-order chi connectivity index (χ1) is 16.2. The summed E-state index contributed by atoms with van der Waals surface area (Å²) in [5.74, 6) is -0.983. The molecule has 178 valence electrons. The average molecular weight is 519 g/mol. The van der Waals surface area contributed by atoms with Crippen LogP contribution in [0.1, 0.15) is 49.6 Å². The van der Waals surface area contributed by atoms with E-state index >= 15 is 0 Å². The number of amides is 1. The molecule has 34 heavy (non-hydrogen) atoms. The molecular weight excluding hydrogens is 496 g/mol. The number of carbonyl (C=O) groups is 2. The Kier molecular flexibility index (Phi) is 6.97. The number of fused-ring (bicyclic) bond motifs is 1. The Bertz CT molecular complexity index is 1360. The van der Waals surface area contributed by atoms with Gasteiger partial charge in [-0.3, -0.25) is 9.52 Å². The van der Waals surface area contributed by atoms with E-state index in [0.717, 1.165) is 41.7 Å². The highest BCUT2D eigenvalue weighted by atomic mass is 35.5. The fourth-order valence-corrected chi connectivity index (χ4v) is 6.42. The lowest BCUT2D eigenvalue weighted by molar-refractivity contribution is 0.0601. The summed E-state index contributed by atoms with van der Waals surface area (Å²) in [5.41, 5.74) is 2.66. The van der Waals surface area contributed by atoms with E-state index in [1.807, 2.05) is 6.92 Å². The molecule has 0 unspecified atom stereocenters. The standard InChI is InChI=1S/C24H23ClN2O5S2/c1-14-7-10-16(11-8-14)34(30,31)27-15-9-12-17(19(25)13-15)22(28)26-23-21(24(29)32-2)18-5-3-4-6-20(18)33-23/h7-13,27H,3-6H2,1-2H3,(H,26,28). The van der Waals surface area contributed by atoms with Gasteiger partial charge < -0.3 is 10.1 Å². The number of nitrogens with one attached hydrogen (secondary N) is 2. The minimum absolute atomic E-state index is 0.0718. The van der Waals surface area contributed by atoms with Gasteiger partial charge in [0.05, 0.1) is 33.8 Å². The van der Waals surface area contributed by atoms with E-state index in [4.69, 9.17) is 16.3 Å². The van der Waals surface area contributed by atoms with Gasteiger partial charge in [0.25, 0.3) is 15.9 Å². The molecule has 10 heteroatoms. The molecule has 0 aliphatic heterocycles. The molecule has 3 aromatic rings. The van der Waals surface area contributed by atoms with Crippen molar-refractivity contribution >= 4 is 55.5 Å².